The number of para-hydroxylation sites is 1. The largest absolute Gasteiger partial charge is 0.464 e. The van der Waals surface area contributed by atoms with Crippen molar-refractivity contribution in [2.75, 3.05) is 6.54 Å². The first-order valence-electron chi connectivity index (χ1n) is 7.69. The van der Waals surface area contributed by atoms with Gasteiger partial charge in [-0.3, -0.25) is 9.69 Å². The van der Waals surface area contributed by atoms with E-state index < -0.39 is 6.23 Å². The van der Waals surface area contributed by atoms with E-state index in [0.29, 0.717) is 27.9 Å². The number of fused-ring (bicyclic) bond motifs is 6. The first-order valence-corrected chi connectivity index (χ1v) is 8.45. The molecule has 0 saturated carbocycles. The Morgan fingerprint density at radius 1 is 1.21 bits per heavy atom. The quantitative estimate of drug-likeness (QED) is 0.639. The molecule has 0 bridgehead atoms. The van der Waals surface area contributed by atoms with Gasteiger partial charge < -0.3 is 9.72 Å². The molecular weight excluding hydrogens is 347 g/mol. The summed E-state index contributed by atoms with van der Waals surface area (Å²) >= 11 is 12.3. The van der Waals surface area contributed by atoms with Crippen molar-refractivity contribution in [3.63, 3.8) is 0 Å². The van der Waals surface area contributed by atoms with E-state index in [1.54, 1.807) is 17.0 Å². The summed E-state index contributed by atoms with van der Waals surface area (Å²) in [5, 5.41) is 1.95. The molecule has 3 heterocycles. The summed E-state index contributed by atoms with van der Waals surface area (Å²) in [6.45, 7) is 0.594. The fourth-order valence-corrected chi connectivity index (χ4v) is 4.21. The van der Waals surface area contributed by atoms with Crippen molar-refractivity contribution in [3.05, 3.63) is 63.3 Å². The molecule has 6 heteroatoms. The second-order valence-corrected chi connectivity index (χ2v) is 6.89. The van der Waals surface area contributed by atoms with E-state index in [-0.39, 0.29) is 5.91 Å². The number of H-pyrrole nitrogens is 1. The minimum absolute atomic E-state index is 0.118. The first kappa shape index (κ1) is 14.2. The smallest absolute Gasteiger partial charge is 0.262 e. The van der Waals surface area contributed by atoms with Gasteiger partial charge in [-0.25, -0.2) is 0 Å². The van der Waals surface area contributed by atoms with Crippen molar-refractivity contribution in [3.8, 4) is 5.75 Å². The summed E-state index contributed by atoms with van der Waals surface area (Å²) < 4.78 is 6.13. The zero-order valence-electron chi connectivity index (χ0n) is 12.5. The molecule has 1 amide bonds. The Kier molecular flexibility index (Phi) is 2.91. The van der Waals surface area contributed by atoms with Gasteiger partial charge in [0.15, 0.2) is 0 Å². The third-order valence-corrected chi connectivity index (χ3v) is 5.23. The van der Waals surface area contributed by atoms with E-state index in [1.807, 2.05) is 18.2 Å². The van der Waals surface area contributed by atoms with Gasteiger partial charge in [0.25, 0.3) is 5.91 Å². The number of carbonyl (C=O) groups excluding carboxylic acids is 1. The number of hydrogen-bond donors (Lipinski definition) is 1. The lowest BCUT2D eigenvalue weighted by molar-refractivity contribution is 0.00207. The predicted octanol–water partition coefficient (Wildman–Crippen LogP) is 4.56. The number of rotatable bonds is 0. The molecule has 24 heavy (non-hydrogen) atoms. The van der Waals surface area contributed by atoms with Crippen molar-refractivity contribution in [2.24, 2.45) is 0 Å². The highest BCUT2D eigenvalue weighted by atomic mass is 35.5. The predicted molar refractivity (Wildman–Crippen MR) is 92.9 cm³/mol. The molecule has 1 unspecified atom stereocenters. The van der Waals surface area contributed by atoms with E-state index in [1.165, 1.54) is 10.9 Å². The van der Waals surface area contributed by atoms with Crippen molar-refractivity contribution in [2.45, 2.75) is 12.6 Å². The topological polar surface area (TPSA) is 45.3 Å². The van der Waals surface area contributed by atoms with Gasteiger partial charge in [0.1, 0.15) is 11.3 Å². The normalized spacial score (nSPS) is 18.8. The van der Waals surface area contributed by atoms with Gasteiger partial charge >= 0.3 is 0 Å². The molecule has 0 fully saturated rings. The number of aromatic nitrogens is 1. The molecule has 3 aromatic rings. The first-order chi connectivity index (χ1) is 11.6. The van der Waals surface area contributed by atoms with Crippen molar-refractivity contribution >= 4 is 40.0 Å². The summed E-state index contributed by atoms with van der Waals surface area (Å²) in [5.74, 6) is 0.317. The molecule has 0 radical (unpaired) electrons. The minimum atomic E-state index is -0.476. The number of carbonyl (C=O) groups is 1. The van der Waals surface area contributed by atoms with Crippen LogP contribution in [0.5, 0.6) is 5.75 Å². The van der Waals surface area contributed by atoms with Crippen molar-refractivity contribution < 1.29 is 9.53 Å². The van der Waals surface area contributed by atoms with Crippen LogP contribution in [0.15, 0.2) is 36.4 Å². The van der Waals surface area contributed by atoms with Crippen molar-refractivity contribution in [1.29, 1.82) is 0 Å². The zero-order chi connectivity index (χ0) is 16.4. The Morgan fingerprint density at radius 2 is 2.04 bits per heavy atom. The van der Waals surface area contributed by atoms with E-state index in [4.69, 9.17) is 27.9 Å². The van der Waals surface area contributed by atoms with Crippen LogP contribution in [-0.4, -0.2) is 22.3 Å². The van der Waals surface area contributed by atoms with Gasteiger partial charge in [0, 0.05) is 22.5 Å². The van der Waals surface area contributed by atoms with Crippen LogP contribution in [0.1, 0.15) is 27.8 Å². The highest BCUT2D eigenvalue weighted by Gasteiger charge is 2.41. The van der Waals surface area contributed by atoms with Gasteiger partial charge in [-0.05, 0) is 30.2 Å². The lowest BCUT2D eigenvalue weighted by atomic mass is 9.99. The SMILES string of the molecule is O=C1c2c(Cl)cc(Cl)cc2OC2c3[nH]c4ccccc4c3CCN12. The molecule has 0 saturated heterocycles. The molecule has 2 aliphatic rings. The van der Waals surface area contributed by atoms with Gasteiger partial charge in [-0.15, -0.1) is 0 Å². The van der Waals surface area contributed by atoms with Gasteiger partial charge in [-0.2, -0.15) is 0 Å². The molecule has 2 aliphatic heterocycles. The second kappa shape index (κ2) is 4.91. The molecule has 4 nitrogen and oxygen atoms in total. The standard InChI is InChI=1S/C18H12Cl2N2O2/c19-9-7-12(20)15-14(8-9)24-18-16-11(5-6-22(18)17(15)23)10-3-1-2-4-13(10)21-16/h1-4,7-8,18,21H,5-6H2. The highest BCUT2D eigenvalue weighted by molar-refractivity contribution is 6.37. The van der Waals surface area contributed by atoms with Gasteiger partial charge in [0.2, 0.25) is 6.23 Å². The molecule has 5 rings (SSSR count). The van der Waals surface area contributed by atoms with Crippen LogP contribution in [0.2, 0.25) is 10.0 Å². The molecule has 1 aromatic heterocycles. The van der Waals surface area contributed by atoms with Gasteiger partial charge in [0.05, 0.1) is 10.7 Å². The number of nitrogens with zero attached hydrogens (tertiary/aromatic N) is 1. The molecular formula is C18H12Cl2N2O2. The summed E-state index contributed by atoms with van der Waals surface area (Å²) in [5.41, 5.74) is 3.57. The van der Waals surface area contributed by atoms with Gasteiger partial charge in [-0.1, -0.05) is 41.4 Å². The summed E-state index contributed by atoms with van der Waals surface area (Å²) in [6, 6.07) is 11.3. The van der Waals surface area contributed by atoms with E-state index in [9.17, 15) is 4.79 Å². The summed E-state index contributed by atoms with van der Waals surface area (Å²) in [4.78, 5) is 18.0. The Bertz CT molecular complexity index is 1010. The number of amides is 1. The van der Waals surface area contributed by atoms with Crippen molar-refractivity contribution in [1.82, 2.24) is 9.88 Å². The summed E-state index contributed by atoms with van der Waals surface area (Å²) in [6.07, 6.45) is 0.307. The molecule has 0 aliphatic carbocycles. The average molecular weight is 359 g/mol. The Labute approximate surface area is 147 Å². The fourth-order valence-electron chi connectivity index (χ4n) is 3.65. The van der Waals surface area contributed by atoms with Crippen LogP contribution >= 0.6 is 23.2 Å². The van der Waals surface area contributed by atoms with Crippen LogP contribution in [0.3, 0.4) is 0 Å². The maximum Gasteiger partial charge on any atom is 0.262 e. The zero-order valence-corrected chi connectivity index (χ0v) is 14.0. The van der Waals surface area contributed by atoms with Crippen LogP contribution in [0, 0.1) is 0 Å². The number of nitrogens with one attached hydrogen (secondary N) is 1. The van der Waals surface area contributed by atoms with E-state index in [2.05, 4.69) is 11.1 Å². The third kappa shape index (κ3) is 1.84. The number of hydrogen-bond acceptors (Lipinski definition) is 2. The van der Waals surface area contributed by atoms with Crippen LogP contribution in [0.25, 0.3) is 10.9 Å². The third-order valence-electron chi connectivity index (χ3n) is 4.71. The molecule has 120 valence electrons. The number of halogens is 2. The Balaban J connectivity index is 1.70. The minimum Gasteiger partial charge on any atom is -0.464 e. The van der Waals surface area contributed by atoms with E-state index in [0.717, 1.165) is 17.6 Å². The molecule has 2 aromatic carbocycles. The molecule has 0 spiro atoms. The fraction of sp³-hybridized carbons (Fsp3) is 0.167. The molecule has 1 N–H and O–H groups in total. The lowest BCUT2D eigenvalue weighted by Crippen LogP contribution is -2.45. The summed E-state index contributed by atoms with van der Waals surface area (Å²) in [7, 11) is 0. The van der Waals surface area contributed by atoms with Crippen LogP contribution < -0.4 is 4.74 Å². The van der Waals surface area contributed by atoms with Crippen LogP contribution in [-0.2, 0) is 6.42 Å². The number of benzene rings is 2. The lowest BCUT2D eigenvalue weighted by Gasteiger charge is -2.39. The number of aromatic amines is 1. The second-order valence-electron chi connectivity index (χ2n) is 6.04. The number of ether oxygens (including phenoxy) is 1. The Hall–Kier alpha value is -2.17. The maximum atomic E-state index is 12.9. The highest BCUT2D eigenvalue weighted by Crippen LogP contribution is 2.43. The van der Waals surface area contributed by atoms with Crippen LogP contribution in [0.4, 0.5) is 0 Å². The maximum absolute atomic E-state index is 12.9. The monoisotopic (exact) mass is 358 g/mol. The average Bonchev–Trinajstić information content (AvgIpc) is 2.93. The Morgan fingerprint density at radius 3 is 2.92 bits per heavy atom. The van der Waals surface area contributed by atoms with E-state index >= 15 is 0 Å². The molecule has 1 atom stereocenters.